The maximum Gasteiger partial charge on any atom is 0.328 e. The monoisotopic (exact) mass is 316 g/mol. The van der Waals surface area contributed by atoms with E-state index in [-0.39, 0.29) is 17.5 Å². The molecule has 0 aromatic carbocycles. The fourth-order valence-corrected chi connectivity index (χ4v) is 7.27. The maximum absolute atomic E-state index is 11.3. The minimum atomic E-state index is -4.16. The predicted molar refractivity (Wildman–Crippen MR) is 81.9 cm³/mol. The molecule has 21 heavy (non-hydrogen) atoms. The Morgan fingerprint density at radius 2 is 1.86 bits per heavy atom. The highest BCUT2D eigenvalue weighted by Crippen LogP contribution is 2.71. The average Bonchev–Trinajstić information content (AvgIpc) is 2.76. The summed E-state index contributed by atoms with van der Waals surface area (Å²) in [5.41, 5.74) is 0.357. The van der Waals surface area contributed by atoms with E-state index in [1.54, 1.807) is 0 Å². The summed E-state index contributed by atoms with van der Waals surface area (Å²) in [6.45, 7) is 6.98. The largest absolute Gasteiger partial charge is 0.392 e. The van der Waals surface area contributed by atoms with Gasteiger partial charge in [-0.1, -0.05) is 27.2 Å². The highest BCUT2D eigenvalue weighted by molar-refractivity contribution is 7.51. The molecule has 3 saturated carbocycles. The molecule has 0 spiro atoms. The van der Waals surface area contributed by atoms with Gasteiger partial charge in [-0.2, -0.15) is 0 Å². The van der Waals surface area contributed by atoms with Crippen LogP contribution in [-0.4, -0.2) is 27.2 Å². The van der Waals surface area contributed by atoms with Gasteiger partial charge < -0.3 is 14.9 Å². The third kappa shape index (κ3) is 2.43. The van der Waals surface area contributed by atoms with Gasteiger partial charge in [-0.05, 0) is 60.2 Å². The zero-order valence-electron chi connectivity index (χ0n) is 13.3. The number of aliphatic hydroxyl groups excluding tert-OH is 1. The van der Waals surface area contributed by atoms with Crippen LogP contribution in [0, 0.1) is 34.5 Å². The zero-order valence-corrected chi connectivity index (χ0v) is 14.2. The third-order valence-corrected chi connectivity index (χ3v) is 7.90. The highest BCUT2D eigenvalue weighted by atomic mass is 31.2. The quantitative estimate of drug-likeness (QED) is 0.699. The van der Waals surface area contributed by atoms with E-state index in [4.69, 9.17) is 0 Å². The SMILES string of the molecule is CC1(C)CCC[C@]2(C)[C@@H]([C@H](O)CP(=O)(O)O)[C@H]3CC[C@@H]2[C@H]31. The van der Waals surface area contributed by atoms with E-state index < -0.39 is 13.7 Å². The average molecular weight is 316 g/mol. The first-order chi connectivity index (χ1) is 9.56. The third-order valence-electron chi connectivity index (χ3n) is 7.05. The van der Waals surface area contributed by atoms with Crippen molar-refractivity contribution in [2.24, 2.45) is 34.5 Å². The summed E-state index contributed by atoms with van der Waals surface area (Å²) < 4.78 is 11.3. The summed E-state index contributed by atoms with van der Waals surface area (Å²) in [5.74, 6) is 1.74. The normalized spacial score (nSPS) is 46.4. The highest BCUT2D eigenvalue weighted by Gasteiger charge is 2.66. The summed E-state index contributed by atoms with van der Waals surface area (Å²) in [6, 6.07) is 0. The van der Waals surface area contributed by atoms with Gasteiger partial charge in [0.2, 0.25) is 0 Å². The van der Waals surface area contributed by atoms with Gasteiger partial charge in [-0.3, -0.25) is 4.57 Å². The lowest BCUT2D eigenvalue weighted by atomic mass is 9.63. The van der Waals surface area contributed by atoms with Gasteiger partial charge in [0, 0.05) is 0 Å². The van der Waals surface area contributed by atoms with Crippen LogP contribution in [0.2, 0.25) is 0 Å². The number of hydrogen-bond donors (Lipinski definition) is 3. The Balaban J connectivity index is 1.94. The van der Waals surface area contributed by atoms with Crippen molar-refractivity contribution in [3.63, 3.8) is 0 Å². The molecule has 0 saturated heterocycles. The molecule has 0 unspecified atom stereocenters. The Bertz CT molecular complexity index is 471. The molecular weight excluding hydrogens is 287 g/mol. The van der Waals surface area contributed by atoms with Gasteiger partial charge >= 0.3 is 7.60 Å². The number of aliphatic hydroxyl groups is 1. The van der Waals surface area contributed by atoms with Gasteiger partial charge in [0.25, 0.3) is 0 Å². The zero-order chi connectivity index (χ0) is 15.6. The minimum absolute atomic E-state index is 0.0634. The molecule has 3 aliphatic carbocycles. The lowest BCUT2D eigenvalue weighted by Gasteiger charge is -2.44. The van der Waals surface area contributed by atoms with E-state index in [1.807, 2.05) is 0 Å². The first-order valence-electron chi connectivity index (χ1n) is 8.29. The second kappa shape index (κ2) is 4.80. The van der Waals surface area contributed by atoms with Crippen LogP contribution in [-0.2, 0) is 4.57 Å². The summed E-state index contributed by atoms with van der Waals surface area (Å²) in [4.78, 5) is 18.5. The van der Waals surface area contributed by atoms with Gasteiger partial charge in [0.15, 0.2) is 0 Å². The molecule has 4 nitrogen and oxygen atoms in total. The topological polar surface area (TPSA) is 77.8 Å². The van der Waals surface area contributed by atoms with E-state index in [1.165, 1.54) is 19.3 Å². The van der Waals surface area contributed by atoms with E-state index in [9.17, 15) is 19.5 Å². The van der Waals surface area contributed by atoms with Crippen molar-refractivity contribution < 1.29 is 19.5 Å². The summed E-state index contributed by atoms with van der Waals surface area (Å²) in [5, 5.41) is 10.6. The van der Waals surface area contributed by atoms with Crippen LogP contribution < -0.4 is 0 Å². The fraction of sp³-hybridized carbons (Fsp3) is 1.00. The molecule has 0 amide bonds. The second-order valence-corrected chi connectivity index (χ2v) is 10.4. The van der Waals surface area contributed by atoms with Gasteiger partial charge in [-0.25, -0.2) is 0 Å². The summed E-state index contributed by atoms with van der Waals surface area (Å²) in [6.07, 6.45) is 4.62. The minimum Gasteiger partial charge on any atom is -0.392 e. The standard InChI is InChI=1S/C16H29O4P/c1-15(2)7-4-8-16(3)11-6-5-10(13(11)15)14(16)12(17)9-21(18,19)20/h10-14,17H,4-9H2,1-3H3,(H2,18,19,20)/t10-,11+,12+,13-,14+,16-/m0/s1. The van der Waals surface area contributed by atoms with Crippen molar-refractivity contribution in [3.8, 4) is 0 Å². The molecule has 3 aliphatic rings. The Labute approximate surface area is 127 Å². The van der Waals surface area contributed by atoms with Crippen LogP contribution in [0.15, 0.2) is 0 Å². The molecule has 0 aromatic heterocycles. The molecule has 0 heterocycles. The first-order valence-corrected chi connectivity index (χ1v) is 10.1. The smallest absolute Gasteiger partial charge is 0.328 e. The van der Waals surface area contributed by atoms with E-state index in [2.05, 4.69) is 20.8 Å². The lowest BCUT2D eigenvalue weighted by molar-refractivity contribution is -0.0118. The van der Waals surface area contributed by atoms with Crippen molar-refractivity contribution in [1.82, 2.24) is 0 Å². The Kier molecular flexibility index (Phi) is 3.65. The van der Waals surface area contributed by atoms with Crippen LogP contribution in [0.25, 0.3) is 0 Å². The molecular formula is C16H29O4P. The summed E-state index contributed by atoms with van der Waals surface area (Å²) in [7, 11) is -4.16. The number of hydrogen-bond acceptors (Lipinski definition) is 2. The van der Waals surface area contributed by atoms with Crippen molar-refractivity contribution in [1.29, 1.82) is 0 Å². The summed E-state index contributed by atoms with van der Waals surface area (Å²) >= 11 is 0. The van der Waals surface area contributed by atoms with Crippen molar-refractivity contribution in [3.05, 3.63) is 0 Å². The van der Waals surface area contributed by atoms with Crippen molar-refractivity contribution in [2.45, 2.75) is 59.0 Å². The molecule has 3 N–H and O–H groups in total. The van der Waals surface area contributed by atoms with Crippen molar-refractivity contribution in [2.75, 3.05) is 6.16 Å². The molecule has 4 bridgehead atoms. The molecule has 5 heteroatoms. The van der Waals surface area contributed by atoms with Crippen molar-refractivity contribution >= 4 is 7.60 Å². The molecule has 122 valence electrons. The van der Waals surface area contributed by atoms with E-state index in [0.717, 1.165) is 12.8 Å². The van der Waals surface area contributed by atoms with E-state index in [0.29, 0.717) is 23.2 Å². The maximum atomic E-state index is 11.3. The van der Waals surface area contributed by atoms with Crippen LogP contribution in [0.3, 0.4) is 0 Å². The Morgan fingerprint density at radius 3 is 2.48 bits per heavy atom. The Morgan fingerprint density at radius 1 is 1.19 bits per heavy atom. The van der Waals surface area contributed by atoms with Crippen LogP contribution in [0.1, 0.15) is 52.9 Å². The van der Waals surface area contributed by atoms with Crippen LogP contribution in [0.5, 0.6) is 0 Å². The van der Waals surface area contributed by atoms with Crippen LogP contribution in [0.4, 0.5) is 0 Å². The number of rotatable bonds is 3. The van der Waals surface area contributed by atoms with Gasteiger partial charge in [0.05, 0.1) is 12.3 Å². The molecule has 6 atom stereocenters. The molecule has 3 rings (SSSR count). The second-order valence-electron chi connectivity index (χ2n) is 8.66. The predicted octanol–water partition coefficient (Wildman–Crippen LogP) is 3.01. The molecule has 0 aromatic rings. The first kappa shape index (κ1) is 16.0. The van der Waals surface area contributed by atoms with Gasteiger partial charge in [0.1, 0.15) is 0 Å². The lowest BCUT2D eigenvalue weighted by Crippen LogP contribution is -2.42. The van der Waals surface area contributed by atoms with Gasteiger partial charge in [-0.15, -0.1) is 0 Å². The Hall–Kier alpha value is 0.110. The molecule has 3 fully saturated rings. The molecule has 0 radical (unpaired) electrons. The van der Waals surface area contributed by atoms with E-state index >= 15 is 0 Å². The van der Waals surface area contributed by atoms with Crippen LogP contribution >= 0.6 is 7.60 Å². The fourth-order valence-electron chi connectivity index (χ4n) is 6.56. The molecule has 0 aliphatic heterocycles.